The van der Waals surface area contributed by atoms with E-state index in [2.05, 4.69) is 28.4 Å². The summed E-state index contributed by atoms with van der Waals surface area (Å²) in [6, 6.07) is 8.83. The summed E-state index contributed by atoms with van der Waals surface area (Å²) in [6.07, 6.45) is 2.28. The molecule has 1 aliphatic heterocycles. The molecule has 2 fully saturated rings. The molecule has 116 valence electrons. The molecule has 1 aromatic heterocycles. The standard InChI is InChI=1S/C16H20N4OS/c21-16(17-12-5-6-12)20-9-7-19(8-10-20)11-15-18-13-3-1-2-4-14(13)22-15/h1-4,12H,5-11H2,(H,17,21). The predicted molar refractivity (Wildman–Crippen MR) is 88.0 cm³/mol. The van der Waals surface area contributed by atoms with Crippen molar-refractivity contribution in [1.82, 2.24) is 20.1 Å². The van der Waals surface area contributed by atoms with Crippen LogP contribution in [0.1, 0.15) is 17.8 Å². The molecule has 1 saturated carbocycles. The first-order valence-electron chi connectivity index (χ1n) is 7.90. The number of nitrogens with one attached hydrogen (secondary N) is 1. The summed E-state index contributed by atoms with van der Waals surface area (Å²) in [7, 11) is 0. The van der Waals surface area contributed by atoms with Crippen molar-refractivity contribution in [2.24, 2.45) is 0 Å². The molecule has 4 rings (SSSR count). The molecular weight excluding hydrogens is 296 g/mol. The second-order valence-electron chi connectivity index (χ2n) is 6.06. The van der Waals surface area contributed by atoms with Gasteiger partial charge in [-0.05, 0) is 25.0 Å². The van der Waals surface area contributed by atoms with Crippen molar-refractivity contribution >= 4 is 27.6 Å². The molecule has 0 unspecified atom stereocenters. The summed E-state index contributed by atoms with van der Waals surface area (Å²) < 4.78 is 1.25. The monoisotopic (exact) mass is 316 g/mol. The van der Waals surface area contributed by atoms with E-state index in [9.17, 15) is 4.79 Å². The molecule has 0 spiro atoms. The van der Waals surface area contributed by atoms with Crippen LogP contribution in [0, 0.1) is 0 Å². The van der Waals surface area contributed by atoms with Crippen molar-refractivity contribution in [2.45, 2.75) is 25.4 Å². The Bertz CT molecular complexity index is 641. The number of piperazine rings is 1. The minimum absolute atomic E-state index is 0.113. The number of hydrogen-bond acceptors (Lipinski definition) is 4. The number of fused-ring (bicyclic) bond motifs is 1. The van der Waals surface area contributed by atoms with E-state index >= 15 is 0 Å². The highest BCUT2D eigenvalue weighted by atomic mass is 32.1. The lowest BCUT2D eigenvalue weighted by molar-refractivity contribution is 0.135. The Hall–Kier alpha value is -1.66. The van der Waals surface area contributed by atoms with Gasteiger partial charge in [0.15, 0.2) is 0 Å². The molecule has 22 heavy (non-hydrogen) atoms. The molecule has 5 nitrogen and oxygen atoms in total. The molecule has 2 amide bonds. The quantitative estimate of drug-likeness (QED) is 0.945. The van der Waals surface area contributed by atoms with Crippen LogP contribution in [-0.2, 0) is 6.54 Å². The summed E-state index contributed by atoms with van der Waals surface area (Å²) in [5.74, 6) is 0. The predicted octanol–water partition coefficient (Wildman–Crippen LogP) is 2.29. The number of hydrogen-bond donors (Lipinski definition) is 1. The van der Waals surface area contributed by atoms with Crippen LogP contribution in [-0.4, -0.2) is 53.0 Å². The third-order valence-electron chi connectivity index (χ3n) is 4.26. The van der Waals surface area contributed by atoms with Gasteiger partial charge in [-0.25, -0.2) is 9.78 Å². The van der Waals surface area contributed by atoms with Crippen molar-refractivity contribution < 1.29 is 4.79 Å². The Morgan fingerprint density at radius 1 is 1.23 bits per heavy atom. The maximum Gasteiger partial charge on any atom is 0.317 e. The van der Waals surface area contributed by atoms with E-state index in [0.717, 1.165) is 56.1 Å². The van der Waals surface area contributed by atoms with Gasteiger partial charge in [0, 0.05) is 32.2 Å². The van der Waals surface area contributed by atoms with Crippen LogP contribution in [0.25, 0.3) is 10.2 Å². The highest BCUT2D eigenvalue weighted by molar-refractivity contribution is 7.18. The van der Waals surface area contributed by atoms with Crippen molar-refractivity contribution in [2.75, 3.05) is 26.2 Å². The molecule has 6 heteroatoms. The molecular formula is C16H20N4OS. The zero-order valence-electron chi connectivity index (χ0n) is 12.5. The topological polar surface area (TPSA) is 48.5 Å². The van der Waals surface area contributed by atoms with Crippen LogP contribution in [0.15, 0.2) is 24.3 Å². The molecule has 1 aliphatic carbocycles. The first kappa shape index (κ1) is 14.0. The van der Waals surface area contributed by atoms with Crippen LogP contribution in [0.5, 0.6) is 0 Å². The van der Waals surface area contributed by atoms with Crippen LogP contribution in [0.4, 0.5) is 4.79 Å². The minimum Gasteiger partial charge on any atom is -0.335 e. The smallest absolute Gasteiger partial charge is 0.317 e. The van der Waals surface area contributed by atoms with Gasteiger partial charge < -0.3 is 10.2 Å². The van der Waals surface area contributed by atoms with Crippen molar-refractivity contribution in [3.05, 3.63) is 29.3 Å². The van der Waals surface area contributed by atoms with E-state index in [4.69, 9.17) is 4.98 Å². The molecule has 2 heterocycles. The summed E-state index contributed by atoms with van der Waals surface area (Å²) in [6.45, 7) is 4.35. The van der Waals surface area contributed by atoms with Gasteiger partial charge in [-0.3, -0.25) is 4.90 Å². The van der Waals surface area contributed by atoms with Gasteiger partial charge in [0.1, 0.15) is 5.01 Å². The van der Waals surface area contributed by atoms with Gasteiger partial charge in [-0.15, -0.1) is 11.3 Å². The third-order valence-corrected chi connectivity index (χ3v) is 5.28. The van der Waals surface area contributed by atoms with Gasteiger partial charge >= 0.3 is 6.03 Å². The Balaban J connectivity index is 1.32. The van der Waals surface area contributed by atoms with E-state index in [1.165, 1.54) is 4.70 Å². The van der Waals surface area contributed by atoms with Crippen LogP contribution < -0.4 is 5.32 Å². The molecule has 1 aromatic carbocycles. The maximum atomic E-state index is 12.0. The number of thiazole rings is 1. The summed E-state index contributed by atoms with van der Waals surface area (Å²) in [5, 5.41) is 4.23. The Morgan fingerprint density at radius 2 is 2.00 bits per heavy atom. The van der Waals surface area contributed by atoms with Crippen LogP contribution in [0.2, 0.25) is 0 Å². The second-order valence-corrected chi connectivity index (χ2v) is 7.18. The zero-order valence-corrected chi connectivity index (χ0v) is 13.3. The average Bonchev–Trinajstić information content (AvgIpc) is 3.25. The fraction of sp³-hybridized carbons (Fsp3) is 0.500. The largest absolute Gasteiger partial charge is 0.335 e. The number of rotatable bonds is 3. The Labute approximate surface area is 133 Å². The number of urea groups is 1. The van der Waals surface area contributed by atoms with E-state index < -0.39 is 0 Å². The third kappa shape index (κ3) is 3.08. The minimum atomic E-state index is 0.113. The van der Waals surface area contributed by atoms with Crippen molar-refractivity contribution in [3.8, 4) is 0 Å². The number of carbonyl (C=O) groups excluding carboxylic acids is 1. The molecule has 1 saturated heterocycles. The zero-order chi connectivity index (χ0) is 14.9. The molecule has 2 aliphatic rings. The van der Waals surface area contributed by atoms with Crippen molar-refractivity contribution in [3.63, 3.8) is 0 Å². The summed E-state index contributed by atoms with van der Waals surface area (Å²) in [4.78, 5) is 21.0. The number of nitrogens with zero attached hydrogens (tertiary/aromatic N) is 3. The molecule has 0 radical (unpaired) electrons. The van der Waals surface area contributed by atoms with E-state index in [0.29, 0.717) is 6.04 Å². The molecule has 0 bridgehead atoms. The summed E-state index contributed by atoms with van der Waals surface area (Å²) >= 11 is 1.77. The summed E-state index contributed by atoms with van der Waals surface area (Å²) in [5.41, 5.74) is 1.09. The second kappa shape index (κ2) is 5.85. The lowest BCUT2D eigenvalue weighted by Crippen LogP contribution is -2.51. The fourth-order valence-corrected chi connectivity index (χ4v) is 3.79. The number of aromatic nitrogens is 1. The molecule has 1 N–H and O–H groups in total. The van der Waals surface area contributed by atoms with Gasteiger partial charge in [0.25, 0.3) is 0 Å². The van der Waals surface area contributed by atoms with E-state index in [1.807, 2.05) is 11.0 Å². The van der Waals surface area contributed by atoms with Gasteiger partial charge in [-0.1, -0.05) is 12.1 Å². The lowest BCUT2D eigenvalue weighted by atomic mass is 10.3. The maximum absolute atomic E-state index is 12.0. The number of benzene rings is 1. The number of carbonyl (C=O) groups is 1. The SMILES string of the molecule is O=C(NC1CC1)N1CCN(Cc2nc3ccccc3s2)CC1. The van der Waals surface area contributed by atoms with Crippen molar-refractivity contribution in [1.29, 1.82) is 0 Å². The van der Waals surface area contributed by atoms with Gasteiger partial charge in [-0.2, -0.15) is 0 Å². The highest BCUT2D eigenvalue weighted by Gasteiger charge is 2.27. The average molecular weight is 316 g/mol. The number of amides is 2. The fourth-order valence-electron chi connectivity index (χ4n) is 2.78. The lowest BCUT2D eigenvalue weighted by Gasteiger charge is -2.34. The Morgan fingerprint density at radius 3 is 2.73 bits per heavy atom. The number of para-hydroxylation sites is 1. The van der Waals surface area contributed by atoms with Crippen LogP contribution in [0.3, 0.4) is 0 Å². The van der Waals surface area contributed by atoms with E-state index in [-0.39, 0.29) is 6.03 Å². The first-order valence-corrected chi connectivity index (χ1v) is 8.72. The highest BCUT2D eigenvalue weighted by Crippen LogP contribution is 2.23. The molecule has 2 aromatic rings. The van der Waals surface area contributed by atoms with Gasteiger partial charge in [0.05, 0.1) is 16.8 Å². The van der Waals surface area contributed by atoms with Gasteiger partial charge in [0.2, 0.25) is 0 Å². The van der Waals surface area contributed by atoms with Crippen LogP contribution >= 0.6 is 11.3 Å². The Kier molecular flexibility index (Phi) is 3.72. The normalized spacial score (nSPS) is 19.5. The molecule has 0 atom stereocenters. The van der Waals surface area contributed by atoms with E-state index in [1.54, 1.807) is 11.3 Å². The first-order chi connectivity index (χ1) is 10.8.